The molecule has 1 N–H and O–H groups in total. The molecule has 0 fully saturated rings. The molecule has 5 heteroatoms. The zero-order valence-electron chi connectivity index (χ0n) is 10.6. The van der Waals surface area contributed by atoms with Crippen LogP contribution in [0.2, 0.25) is 0 Å². The van der Waals surface area contributed by atoms with E-state index in [1.54, 1.807) is 4.68 Å². The van der Waals surface area contributed by atoms with Crippen LogP contribution in [0.3, 0.4) is 0 Å². The summed E-state index contributed by atoms with van der Waals surface area (Å²) in [5.41, 5.74) is 1.97. The van der Waals surface area contributed by atoms with E-state index in [0.717, 1.165) is 11.3 Å². The second-order valence-electron chi connectivity index (χ2n) is 4.50. The van der Waals surface area contributed by atoms with Crippen molar-refractivity contribution in [2.75, 3.05) is 0 Å². The number of carboxylic acid groups (broad SMARTS) is 1. The van der Waals surface area contributed by atoms with E-state index < -0.39 is 5.97 Å². The molecular weight excluding hydrogens is 230 g/mol. The Morgan fingerprint density at radius 2 is 1.89 bits per heavy atom. The lowest BCUT2D eigenvalue weighted by atomic mass is 10.2. The van der Waals surface area contributed by atoms with Crippen LogP contribution in [0.15, 0.2) is 24.3 Å². The average Bonchev–Trinajstić information content (AvgIpc) is 2.75. The van der Waals surface area contributed by atoms with Crippen LogP contribution in [-0.2, 0) is 0 Å². The number of aryl methyl sites for hydroxylation is 1. The van der Waals surface area contributed by atoms with E-state index in [4.69, 9.17) is 5.11 Å². The molecule has 0 unspecified atom stereocenters. The minimum Gasteiger partial charge on any atom is -0.475 e. The summed E-state index contributed by atoms with van der Waals surface area (Å²) in [6.45, 7) is 5.91. The van der Waals surface area contributed by atoms with E-state index in [9.17, 15) is 4.79 Å². The van der Waals surface area contributed by atoms with Crippen molar-refractivity contribution in [3.63, 3.8) is 0 Å². The standard InChI is InChI=1S/C13H15N3O2/c1-8(2)12-14-11(13(17)18)15-16(12)10-6-4-9(3)5-7-10/h4-8H,1-3H3,(H,17,18). The number of carboxylic acids is 1. The minimum atomic E-state index is -1.11. The van der Waals surface area contributed by atoms with Crippen molar-refractivity contribution in [3.8, 4) is 5.69 Å². The number of rotatable bonds is 3. The summed E-state index contributed by atoms with van der Waals surface area (Å²) in [4.78, 5) is 15.0. The van der Waals surface area contributed by atoms with Gasteiger partial charge in [-0.1, -0.05) is 31.5 Å². The van der Waals surface area contributed by atoms with Gasteiger partial charge in [-0.15, -0.1) is 5.10 Å². The fourth-order valence-electron chi connectivity index (χ4n) is 1.66. The van der Waals surface area contributed by atoms with Crippen LogP contribution < -0.4 is 0 Å². The quantitative estimate of drug-likeness (QED) is 0.901. The number of hydrogen-bond donors (Lipinski definition) is 1. The molecule has 0 bridgehead atoms. The van der Waals surface area contributed by atoms with Gasteiger partial charge in [0.25, 0.3) is 5.82 Å². The number of aromatic nitrogens is 3. The van der Waals surface area contributed by atoms with Gasteiger partial charge < -0.3 is 5.11 Å². The van der Waals surface area contributed by atoms with E-state index >= 15 is 0 Å². The molecule has 5 nitrogen and oxygen atoms in total. The summed E-state index contributed by atoms with van der Waals surface area (Å²) in [6, 6.07) is 7.73. The summed E-state index contributed by atoms with van der Waals surface area (Å²) in [5.74, 6) is -0.523. The molecule has 0 amide bonds. The highest BCUT2D eigenvalue weighted by Gasteiger charge is 2.18. The zero-order chi connectivity index (χ0) is 13.3. The van der Waals surface area contributed by atoms with Crippen molar-refractivity contribution >= 4 is 5.97 Å². The molecule has 94 valence electrons. The van der Waals surface area contributed by atoms with Gasteiger partial charge >= 0.3 is 5.97 Å². The van der Waals surface area contributed by atoms with Crippen molar-refractivity contribution in [2.45, 2.75) is 26.7 Å². The van der Waals surface area contributed by atoms with Gasteiger partial charge in [0.15, 0.2) is 0 Å². The van der Waals surface area contributed by atoms with Crippen molar-refractivity contribution in [1.82, 2.24) is 14.8 Å². The Morgan fingerprint density at radius 3 is 2.39 bits per heavy atom. The summed E-state index contributed by atoms with van der Waals surface area (Å²) >= 11 is 0. The lowest BCUT2D eigenvalue weighted by Gasteiger charge is -2.08. The lowest BCUT2D eigenvalue weighted by Crippen LogP contribution is -2.05. The van der Waals surface area contributed by atoms with Gasteiger partial charge in [0.05, 0.1) is 5.69 Å². The van der Waals surface area contributed by atoms with Crippen LogP contribution in [0.4, 0.5) is 0 Å². The second kappa shape index (κ2) is 4.60. The van der Waals surface area contributed by atoms with Crippen LogP contribution >= 0.6 is 0 Å². The summed E-state index contributed by atoms with van der Waals surface area (Å²) < 4.78 is 1.59. The first kappa shape index (κ1) is 12.3. The predicted molar refractivity (Wildman–Crippen MR) is 67.1 cm³/mol. The van der Waals surface area contributed by atoms with Gasteiger partial charge in [-0.2, -0.15) is 0 Å². The molecule has 0 aliphatic heterocycles. The fraction of sp³-hybridized carbons (Fsp3) is 0.308. The first-order valence-corrected chi connectivity index (χ1v) is 5.76. The second-order valence-corrected chi connectivity index (χ2v) is 4.50. The molecule has 0 aliphatic rings. The maximum absolute atomic E-state index is 10.9. The Hall–Kier alpha value is -2.17. The Kier molecular flexibility index (Phi) is 3.14. The molecule has 0 radical (unpaired) electrons. The minimum absolute atomic E-state index is 0.104. The van der Waals surface area contributed by atoms with Gasteiger partial charge in [0.1, 0.15) is 5.82 Å². The third-order valence-corrected chi connectivity index (χ3v) is 2.62. The van der Waals surface area contributed by atoms with Crippen molar-refractivity contribution in [2.24, 2.45) is 0 Å². The average molecular weight is 245 g/mol. The smallest absolute Gasteiger partial charge is 0.375 e. The van der Waals surface area contributed by atoms with E-state index in [1.807, 2.05) is 45.0 Å². The van der Waals surface area contributed by atoms with Crippen LogP contribution in [-0.4, -0.2) is 25.8 Å². The molecule has 1 heterocycles. The van der Waals surface area contributed by atoms with Gasteiger partial charge in [-0.3, -0.25) is 0 Å². The third-order valence-electron chi connectivity index (χ3n) is 2.62. The molecule has 0 spiro atoms. The van der Waals surface area contributed by atoms with Crippen molar-refractivity contribution < 1.29 is 9.90 Å². The normalized spacial score (nSPS) is 10.9. The zero-order valence-corrected chi connectivity index (χ0v) is 10.6. The Morgan fingerprint density at radius 1 is 1.28 bits per heavy atom. The molecule has 1 aromatic heterocycles. The Labute approximate surface area is 105 Å². The lowest BCUT2D eigenvalue weighted by molar-refractivity contribution is 0.0683. The van der Waals surface area contributed by atoms with E-state index in [1.165, 1.54) is 0 Å². The molecule has 2 aromatic rings. The largest absolute Gasteiger partial charge is 0.475 e. The van der Waals surface area contributed by atoms with Crippen LogP contribution in [0.1, 0.15) is 41.8 Å². The monoisotopic (exact) mass is 245 g/mol. The molecule has 0 atom stereocenters. The molecule has 0 aliphatic carbocycles. The molecule has 1 aromatic carbocycles. The highest BCUT2D eigenvalue weighted by atomic mass is 16.4. The maximum atomic E-state index is 10.9. The summed E-state index contributed by atoms with van der Waals surface area (Å²) in [6.07, 6.45) is 0. The molecule has 0 saturated heterocycles. The topological polar surface area (TPSA) is 68.0 Å². The molecular formula is C13H15N3O2. The van der Waals surface area contributed by atoms with Crippen molar-refractivity contribution in [1.29, 1.82) is 0 Å². The van der Waals surface area contributed by atoms with E-state index in [-0.39, 0.29) is 11.7 Å². The summed E-state index contributed by atoms with van der Waals surface area (Å²) in [7, 11) is 0. The number of aromatic carboxylic acids is 1. The van der Waals surface area contributed by atoms with Gasteiger partial charge in [-0.25, -0.2) is 14.5 Å². The van der Waals surface area contributed by atoms with Crippen LogP contribution in [0, 0.1) is 6.92 Å². The predicted octanol–water partition coefficient (Wildman–Crippen LogP) is 2.40. The van der Waals surface area contributed by atoms with E-state index in [2.05, 4.69) is 10.1 Å². The Bertz CT molecular complexity index is 570. The van der Waals surface area contributed by atoms with Gasteiger partial charge in [0, 0.05) is 5.92 Å². The maximum Gasteiger partial charge on any atom is 0.375 e. The first-order valence-electron chi connectivity index (χ1n) is 5.76. The van der Waals surface area contributed by atoms with Crippen LogP contribution in [0.25, 0.3) is 5.69 Å². The summed E-state index contributed by atoms with van der Waals surface area (Å²) in [5, 5.41) is 13.0. The molecule has 18 heavy (non-hydrogen) atoms. The first-order chi connectivity index (χ1) is 8.49. The number of carbonyl (C=O) groups is 1. The number of nitrogens with zero attached hydrogens (tertiary/aromatic N) is 3. The Balaban J connectivity index is 2.54. The fourth-order valence-corrected chi connectivity index (χ4v) is 1.66. The highest BCUT2D eigenvalue weighted by molar-refractivity contribution is 5.83. The molecule has 0 saturated carbocycles. The van der Waals surface area contributed by atoms with Crippen LogP contribution in [0.5, 0.6) is 0 Å². The van der Waals surface area contributed by atoms with Crippen molar-refractivity contribution in [3.05, 3.63) is 41.5 Å². The third kappa shape index (κ3) is 2.25. The number of hydrogen-bond acceptors (Lipinski definition) is 3. The van der Waals surface area contributed by atoms with Gasteiger partial charge in [0.2, 0.25) is 0 Å². The molecule has 2 rings (SSSR count). The van der Waals surface area contributed by atoms with E-state index in [0.29, 0.717) is 5.82 Å². The SMILES string of the molecule is Cc1ccc(-n2nc(C(=O)O)nc2C(C)C)cc1. The number of benzene rings is 1. The van der Waals surface area contributed by atoms with Gasteiger partial charge in [-0.05, 0) is 19.1 Å². The highest BCUT2D eigenvalue weighted by Crippen LogP contribution is 2.17.